The van der Waals surface area contributed by atoms with E-state index in [1.165, 1.54) is 0 Å². The summed E-state index contributed by atoms with van der Waals surface area (Å²) in [6.07, 6.45) is 0. The molecule has 0 aliphatic heterocycles. The van der Waals surface area contributed by atoms with E-state index in [4.69, 9.17) is 0 Å². The number of rotatable bonds is 4. The van der Waals surface area contributed by atoms with Crippen LogP contribution in [0, 0.1) is 11.8 Å². The normalized spacial score (nSPS) is 9.38. The average molecular weight is 230 g/mol. The van der Waals surface area contributed by atoms with Gasteiger partial charge in [0, 0.05) is 0 Å². The molecule has 0 radical (unpaired) electrons. The molecule has 1 aromatic rings. The second kappa shape index (κ2) is 6.30. The lowest BCUT2D eigenvalue weighted by molar-refractivity contribution is 0.955. The molecule has 0 fully saturated rings. The zero-order chi connectivity index (χ0) is 9.52. The van der Waals surface area contributed by atoms with Gasteiger partial charge in [-0.05, 0) is 12.7 Å². The zero-order valence-corrected chi connectivity index (χ0v) is 9.98. The van der Waals surface area contributed by atoms with Crippen molar-refractivity contribution >= 4 is 34.9 Å². The van der Waals surface area contributed by atoms with Crippen LogP contribution in [0.5, 0.6) is 0 Å². The first-order valence-corrected chi connectivity index (χ1v) is 6.64. The lowest BCUT2D eigenvalue weighted by Crippen LogP contribution is -1.73. The van der Waals surface area contributed by atoms with Crippen LogP contribution in [0.15, 0.2) is 8.68 Å². The Balaban J connectivity index is 2.42. The van der Waals surface area contributed by atoms with E-state index in [1.807, 2.05) is 6.92 Å². The average Bonchev–Trinajstić information content (AvgIpc) is 2.54. The van der Waals surface area contributed by atoms with Crippen molar-refractivity contribution in [1.29, 1.82) is 0 Å². The molecule has 1 aromatic heterocycles. The van der Waals surface area contributed by atoms with Crippen molar-refractivity contribution in [2.24, 2.45) is 0 Å². The Morgan fingerprint density at radius 1 is 1.31 bits per heavy atom. The van der Waals surface area contributed by atoms with Gasteiger partial charge in [-0.3, -0.25) is 0 Å². The second-order valence-corrected chi connectivity index (χ2v) is 5.69. The van der Waals surface area contributed by atoms with Crippen molar-refractivity contribution in [2.75, 3.05) is 11.5 Å². The smallest absolute Gasteiger partial charge is 0.131 e. The molecular formula is C8H10N2S3. The molecule has 0 bridgehead atoms. The van der Waals surface area contributed by atoms with Crippen LogP contribution >= 0.6 is 34.9 Å². The summed E-state index contributed by atoms with van der Waals surface area (Å²) < 4.78 is 2.06. The van der Waals surface area contributed by atoms with Crippen LogP contribution in [0.4, 0.5) is 0 Å². The summed E-state index contributed by atoms with van der Waals surface area (Å²) in [6.45, 7) is 3.96. The monoisotopic (exact) mass is 230 g/mol. The lowest BCUT2D eigenvalue weighted by atomic mass is 10.7. The molecular weight excluding hydrogens is 220 g/mol. The molecule has 0 aliphatic carbocycles. The predicted octanol–water partition coefficient (Wildman–Crippen LogP) is 2.77. The van der Waals surface area contributed by atoms with Crippen molar-refractivity contribution in [3.8, 4) is 11.8 Å². The van der Waals surface area contributed by atoms with Gasteiger partial charge in [0.05, 0.1) is 5.75 Å². The number of thioether (sulfide) groups is 2. The highest BCUT2D eigenvalue weighted by Gasteiger charge is 2.02. The van der Waals surface area contributed by atoms with E-state index < -0.39 is 0 Å². The SMILES string of the molecule is CC#CCSc1nnc(SCC)s1. The molecule has 70 valence electrons. The molecule has 0 N–H and O–H groups in total. The van der Waals surface area contributed by atoms with Crippen LogP contribution in [0.2, 0.25) is 0 Å². The summed E-state index contributed by atoms with van der Waals surface area (Å²) in [7, 11) is 0. The maximum atomic E-state index is 4.05. The van der Waals surface area contributed by atoms with Crippen molar-refractivity contribution in [1.82, 2.24) is 10.2 Å². The molecule has 0 spiro atoms. The Hall–Kier alpha value is -0.180. The third kappa shape index (κ3) is 4.03. The van der Waals surface area contributed by atoms with Crippen molar-refractivity contribution in [3.63, 3.8) is 0 Å². The first-order chi connectivity index (χ1) is 6.36. The Kier molecular flexibility index (Phi) is 5.28. The van der Waals surface area contributed by atoms with Crippen molar-refractivity contribution in [3.05, 3.63) is 0 Å². The van der Waals surface area contributed by atoms with Gasteiger partial charge >= 0.3 is 0 Å². The fourth-order valence-corrected chi connectivity index (χ4v) is 3.34. The molecule has 1 rings (SSSR count). The van der Waals surface area contributed by atoms with E-state index in [0.717, 1.165) is 20.2 Å². The van der Waals surface area contributed by atoms with Gasteiger partial charge in [0.25, 0.3) is 0 Å². The van der Waals surface area contributed by atoms with E-state index in [2.05, 4.69) is 29.0 Å². The largest absolute Gasteiger partial charge is 0.176 e. The third-order valence-electron chi connectivity index (χ3n) is 1.10. The highest BCUT2D eigenvalue weighted by Crippen LogP contribution is 2.27. The van der Waals surface area contributed by atoms with Crippen LogP contribution in [0.1, 0.15) is 13.8 Å². The first-order valence-electron chi connectivity index (χ1n) is 3.85. The van der Waals surface area contributed by atoms with Crippen LogP contribution in [0.3, 0.4) is 0 Å². The van der Waals surface area contributed by atoms with Crippen LogP contribution < -0.4 is 0 Å². The molecule has 0 unspecified atom stereocenters. The van der Waals surface area contributed by atoms with Gasteiger partial charge in [0.1, 0.15) is 0 Å². The topological polar surface area (TPSA) is 25.8 Å². The summed E-state index contributed by atoms with van der Waals surface area (Å²) in [4.78, 5) is 0. The second-order valence-electron chi connectivity index (χ2n) is 1.98. The molecule has 0 aromatic carbocycles. The van der Waals surface area contributed by atoms with Gasteiger partial charge in [0.2, 0.25) is 0 Å². The summed E-state index contributed by atoms with van der Waals surface area (Å²) in [5.74, 6) is 7.69. The minimum absolute atomic E-state index is 0.807. The van der Waals surface area contributed by atoms with Crippen LogP contribution in [-0.2, 0) is 0 Å². The van der Waals surface area contributed by atoms with Gasteiger partial charge < -0.3 is 0 Å². The van der Waals surface area contributed by atoms with E-state index in [-0.39, 0.29) is 0 Å². The third-order valence-corrected chi connectivity index (χ3v) is 4.05. The Labute approximate surface area is 90.9 Å². The molecule has 1 heterocycles. The highest BCUT2D eigenvalue weighted by molar-refractivity contribution is 8.03. The van der Waals surface area contributed by atoms with E-state index in [9.17, 15) is 0 Å². The maximum Gasteiger partial charge on any atom is 0.176 e. The predicted molar refractivity (Wildman–Crippen MR) is 60.5 cm³/mol. The number of hydrogen-bond donors (Lipinski definition) is 0. The van der Waals surface area contributed by atoms with E-state index >= 15 is 0 Å². The standard InChI is InChI=1S/C8H10N2S3/c1-3-5-6-12-8-10-9-7(13-8)11-4-2/h4,6H2,1-2H3. The summed E-state index contributed by atoms with van der Waals surface area (Å²) in [5, 5.41) is 8.10. The van der Waals surface area contributed by atoms with Gasteiger partial charge in [-0.25, -0.2) is 0 Å². The van der Waals surface area contributed by atoms with Gasteiger partial charge in [-0.1, -0.05) is 47.7 Å². The van der Waals surface area contributed by atoms with Crippen LogP contribution in [0.25, 0.3) is 0 Å². The minimum atomic E-state index is 0.807. The molecule has 13 heavy (non-hydrogen) atoms. The maximum absolute atomic E-state index is 4.05. The molecule has 0 saturated carbocycles. The van der Waals surface area contributed by atoms with E-state index in [1.54, 1.807) is 34.9 Å². The lowest BCUT2D eigenvalue weighted by Gasteiger charge is -1.85. The molecule has 0 saturated heterocycles. The summed E-state index contributed by atoms with van der Waals surface area (Å²) in [6, 6.07) is 0. The quantitative estimate of drug-likeness (QED) is 0.587. The zero-order valence-electron chi connectivity index (χ0n) is 7.53. The number of nitrogens with zero attached hydrogens (tertiary/aromatic N) is 2. The number of hydrogen-bond acceptors (Lipinski definition) is 5. The van der Waals surface area contributed by atoms with Crippen molar-refractivity contribution < 1.29 is 0 Å². The van der Waals surface area contributed by atoms with E-state index in [0.29, 0.717) is 0 Å². The Morgan fingerprint density at radius 2 is 2.00 bits per heavy atom. The molecule has 0 amide bonds. The number of aromatic nitrogens is 2. The van der Waals surface area contributed by atoms with Crippen LogP contribution in [-0.4, -0.2) is 21.7 Å². The van der Waals surface area contributed by atoms with Gasteiger partial charge in [-0.2, -0.15) is 0 Å². The fraction of sp³-hybridized carbons (Fsp3) is 0.500. The molecule has 0 atom stereocenters. The van der Waals surface area contributed by atoms with Gasteiger partial charge in [-0.15, -0.1) is 16.1 Å². The first kappa shape index (κ1) is 10.9. The molecule has 2 nitrogen and oxygen atoms in total. The summed E-state index contributed by atoms with van der Waals surface area (Å²) in [5.41, 5.74) is 0. The minimum Gasteiger partial charge on any atom is -0.131 e. The molecule has 5 heteroatoms. The fourth-order valence-electron chi connectivity index (χ4n) is 0.607. The van der Waals surface area contributed by atoms with Gasteiger partial charge in [0.15, 0.2) is 8.68 Å². The Bertz CT molecular complexity index is 311. The molecule has 0 aliphatic rings. The highest BCUT2D eigenvalue weighted by atomic mass is 32.2. The van der Waals surface area contributed by atoms with Crippen molar-refractivity contribution in [2.45, 2.75) is 22.5 Å². The Morgan fingerprint density at radius 3 is 2.62 bits per heavy atom. The summed E-state index contributed by atoms with van der Waals surface area (Å²) >= 11 is 5.02.